The Hall–Kier alpha value is -1.35. The highest BCUT2D eigenvalue weighted by Gasteiger charge is 2.37. The Labute approximate surface area is 121 Å². The molecular formula is C17H26N2O. The van der Waals surface area contributed by atoms with E-state index in [1.807, 2.05) is 0 Å². The van der Waals surface area contributed by atoms with Gasteiger partial charge in [0.15, 0.2) is 0 Å². The van der Waals surface area contributed by atoms with Crippen LogP contribution in [0.4, 0.5) is 0 Å². The molecule has 2 rings (SSSR count). The van der Waals surface area contributed by atoms with Crippen molar-refractivity contribution in [3.8, 4) is 0 Å². The topological polar surface area (TPSA) is 55.1 Å². The molecule has 0 radical (unpaired) electrons. The summed E-state index contributed by atoms with van der Waals surface area (Å²) in [7, 11) is 0. The number of carbonyl (C=O) groups is 1. The van der Waals surface area contributed by atoms with Crippen molar-refractivity contribution >= 4 is 5.91 Å². The molecule has 1 aliphatic rings. The molecule has 20 heavy (non-hydrogen) atoms. The summed E-state index contributed by atoms with van der Waals surface area (Å²) in [5, 5.41) is 3.01. The van der Waals surface area contributed by atoms with E-state index in [1.54, 1.807) is 0 Å². The highest BCUT2D eigenvalue weighted by Crippen LogP contribution is 2.42. The molecular weight excluding hydrogens is 248 g/mol. The lowest BCUT2D eigenvalue weighted by Crippen LogP contribution is -2.41. The second kappa shape index (κ2) is 6.40. The fourth-order valence-corrected chi connectivity index (χ4v) is 2.75. The number of carbonyl (C=O) groups excluding carboxylic acids is 1. The van der Waals surface area contributed by atoms with Crippen LogP contribution < -0.4 is 11.1 Å². The summed E-state index contributed by atoms with van der Waals surface area (Å²) >= 11 is 0. The fraction of sp³-hybridized carbons (Fsp3) is 0.588. The summed E-state index contributed by atoms with van der Waals surface area (Å²) in [5.74, 6) is 0.671. The van der Waals surface area contributed by atoms with Gasteiger partial charge in [-0.2, -0.15) is 0 Å². The van der Waals surface area contributed by atoms with Crippen molar-refractivity contribution in [3.63, 3.8) is 0 Å². The van der Waals surface area contributed by atoms with E-state index in [9.17, 15) is 4.79 Å². The zero-order valence-electron chi connectivity index (χ0n) is 12.6. The van der Waals surface area contributed by atoms with E-state index < -0.39 is 0 Å². The molecule has 3 heteroatoms. The summed E-state index contributed by atoms with van der Waals surface area (Å²) in [6.07, 6.45) is 3.98. The molecule has 1 aliphatic carbocycles. The lowest BCUT2D eigenvalue weighted by molar-refractivity contribution is -0.124. The predicted octanol–water partition coefficient (Wildman–Crippen LogP) is 2.95. The van der Waals surface area contributed by atoms with Crippen LogP contribution in [-0.2, 0) is 11.3 Å². The van der Waals surface area contributed by atoms with Gasteiger partial charge in [-0.1, -0.05) is 44.5 Å². The predicted molar refractivity (Wildman–Crippen MR) is 82.3 cm³/mol. The van der Waals surface area contributed by atoms with Gasteiger partial charge in [-0.3, -0.25) is 4.79 Å². The normalized spacial score (nSPS) is 16.8. The first-order valence-electron chi connectivity index (χ1n) is 7.60. The summed E-state index contributed by atoms with van der Waals surface area (Å²) in [6, 6.07) is 8.47. The average Bonchev–Trinajstić information content (AvgIpc) is 2.41. The zero-order valence-corrected chi connectivity index (χ0v) is 12.6. The van der Waals surface area contributed by atoms with Gasteiger partial charge in [-0.15, -0.1) is 0 Å². The number of nitrogens with two attached hydrogens (primary N) is 1. The van der Waals surface area contributed by atoms with E-state index in [-0.39, 0.29) is 11.3 Å². The van der Waals surface area contributed by atoms with Crippen LogP contribution >= 0.6 is 0 Å². The first-order chi connectivity index (χ1) is 9.54. The summed E-state index contributed by atoms with van der Waals surface area (Å²) < 4.78 is 0. The maximum atomic E-state index is 12.0. The molecule has 1 fully saturated rings. The number of nitrogens with one attached hydrogen (secondary N) is 1. The highest BCUT2D eigenvalue weighted by atomic mass is 16.1. The number of hydrogen-bond donors (Lipinski definition) is 2. The van der Waals surface area contributed by atoms with Gasteiger partial charge < -0.3 is 11.1 Å². The third kappa shape index (κ3) is 3.60. The SMILES string of the molecule is CC(C)c1ccc(CNC(=O)CC2(CN)CCC2)cc1. The van der Waals surface area contributed by atoms with Crippen molar-refractivity contribution in [3.05, 3.63) is 35.4 Å². The Balaban J connectivity index is 1.81. The van der Waals surface area contributed by atoms with E-state index >= 15 is 0 Å². The Bertz CT molecular complexity index is 441. The number of amides is 1. The monoisotopic (exact) mass is 274 g/mol. The molecule has 0 spiro atoms. The molecule has 1 saturated carbocycles. The van der Waals surface area contributed by atoms with Gasteiger partial charge in [-0.25, -0.2) is 0 Å². The molecule has 1 aromatic carbocycles. The largest absolute Gasteiger partial charge is 0.352 e. The molecule has 0 bridgehead atoms. The van der Waals surface area contributed by atoms with Gasteiger partial charge in [-0.05, 0) is 41.8 Å². The summed E-state index contributed by atoms with van der Waals surface area (Å²) in [6.45, 7) is 5.60. The standard InChI is InChI=1S/C17H26N2O/c1-13(2)15-6-4-14(5-7-15)11-19-16(20)10-17(12-18)8-3-9-17/h4-7,13H,3,8-12,18H2,1-2H3,(H,19,20). The van der Waals surface area contributed by atoms with E-state index in [0.717, 1.165) is 18.4 Å². The van der Waals surface area contributed by atoms with Gasteiger partial charge in [0.05, 0.1) is 0 Å². The molecule has 3 nitrogen and oxygen atoms in total. The van der Waals surface area contributed by atoms with Crippen molar-refractivity contribution in [1.29, 1.82) is 0 Å². The molecule has 1 amide bonds. The van der Waals surface area contributed by atoms with E-state index in [1.165, 1.54) is 12.0 Å². The smallest absolute Gasteiger partial charge is 0.220 e. The molecule has 0 atom stereocenters. The minimum atomic E-state index is 0.0889. The number of benzene rings is 1. The van der Waals surface area contributed by atoms with E-state index in [2.05, 4.69) is 43.4 Å². The van der Waals surface area contributed by atoms with Crippen LogP contribution in [0.2, 0.25) is 0 Å². The Morgan fingerprint density at radius 1 is 1.30 bits per heavy atom. The molecule has 0 saturated heterocycles. The number of rotatable bonds is 6. The van der Waals surface area contributed by atoms with Crippen LogP contribution in [-0.4, -0.2) is 12.5 Å². The van der Waals surface area contributed by atoms with Crippen LogP contribution in [0.3, 0.4) is 0 Å². The molecule has 0 aliphatic heterocycles. The van der Waals surface area contributed by atoms with Crippen molar-refractivity contribution in [2.45, 2.75) is 52.0 Å². The second-order valence-corrected chi connectivity index (χ2v) is 6.41. The van der Waals surface area contributed by atoms with Gasteiger partial charge >= 0.3 is 0 Å². The minimum absolute atomic E-state index is 0.0889. The van der Waals surface area contributed by atoms with Crippen LogP contribution in [0.25, 0.3) is 0 Å². The Kier molecular flexibility index (Phi) is 4.81. The first kappa shape index (κ1) is 15.0. The van der Waals surface area contributed by atoms with Crippen LogP contribution in [0, 0.1) is 5.41 Å². The van der Waals surface area contributed by atoms with Gasteiger partial charge in [0, 0.05) is 13.0 Å². The maximum absolute atomic E-state index is 12.0. The molecule has 1 aromatic rings. The van der Waals surface area contributed by atoms with Gasteiger partial charge in [0.25, 0.3) is 0 Å². The van der Waals surface area contributed by atoms with Crippen molar-refractivity contribution in [2.75, 3.05) is 6.54 Å². The summed E-state index contributed by atoms with van der Waals surface area (Å²) in [5.41, 5.74) is 8.36. The van der Waals surface area contributed by atoms with E-state index in [4.69, 9.17) is 5.73 Å². The van der Waals surface area contributed by atoms with Crippen molar-refractivity contribution in [1.82, 2.24) is 5.32 Å². The lowest BCUT2D eigenvalue weighted by Gasteiger charge is -2.40. The maximum Gasteiger partial charge on any atom is 0.220 e. The number of hydrogen-bond acceptors (Lipinski definition) is 2. The molecule has 0 heterocycles. The van der Waals surface area contributed by atoms with Gasteiger partial charge in [0.2, 0.25) is 5.91 Å². The average molecular weight is 274 g/mol. The second-order valence-electron chi connectivity index (χ2n) is 6.41. The molecule has 0 aromatic heterocycles. The Morgan fingerprint density at radius 2 is 1.95 bits per heavy atom. The van der Waals surface area contributed by atoms with Gasteiger partial charge in [0.1, 0.15) is 0 Å². The van der Waals surface area contributed by atoms with Crippen LogP contribution in [0.1, 0.15) is 56.6 Å². The lowest BCUT2D eigenvalue weighted by atomic mass is 9.66. The van der Waals surface area contributed by atoms with Crippen molar-refractivity contribution in [2.24, 2.45) is 11.1 Å². The third-order valence-corrected chi connectivity index (χ3v) is 4.52. The van der Waals surface area contributed by atoms with Crippen molar-refractivity contribution < 1.29 is 4.79 Å². The third-order valence-electron chi connectivity index (χ3n) is 4.52. The zero-order chi connectivity index (χ0) is 14.6. The molecule has 110 valence electrons. The first-order valence-corrected chi connectivity index (χ1v) is 7.60. The fourth-order valence-electron chi connectivity index (χ4n) is 2.75. The quantitative estimate of drug-likeness (QED) is 0.838. The van der Waals surface area contributed by atoms with Crippen LogP contribution in [0.15, 0.2) is 24.3 Å². The van der Waals surface area contributed by atoms with E-state index in [0.29, 0.717) is 25.4 Å². The minimum Gasteiger partial charge on any atom is -0.352 e. The molecule has 3 N–H and O–H groups in total. The Morgan fingerprint density at radius 3 is 2.40 bits per heavy atom. The summed E-state index contributed by atoms with van der Waals surface area (Å²) in [4.78, 5) is 12.0. The molecule has 0 unspecified atom stereocenters. The highest BCUT2D eigenvalue weighted by molar-refractivity contribution is 5.76. The van der Waals surface area contributed by atoms with Crippen LogP contribution in [0.5, 0.6) is 0 Å².